The number of carbonyl (C=O) groups excluding carboxylic acids is 1. The molecule has 2 heterocycles. The van der Waals surface area contributed by atoms with E-state index in [9.17, 15) is 4.79 Å². The Bertz CT molecular complexity index is 800. The number of aryl methyl sites for hydroxylation is 2. The van der Waals surface area contributed by atoms with Gasteiger partial charge in [-0.1, -0.05) is 11.8 Å². The number of thioether (sulfide) groups is 1. The standard InChI is InChI=1S/C16H17N5OS2/c1-11-12(2)24-16-14(11)15(19-10-20-16)23-9-13(22)21(7-3-5-17)8-4-6-18/h10H,3-4,7-9H2,1-2H3. The smallest absolute Gasteiger partial charge is 0.233 e. The van der Waals surface area contributed by atoms with Crippen LogP contribution in [0.2, 0.25) is 0 Å². The summed E-state index contributed by atoms with van der Waals surface area (Å²) in [6, 6.07) is 4.07. The molecule has 0 aliphatic rings. The van der Waals surface area contributed by atoms with Crippen molar-refractivity contribution in [2.45, 2.75) is 31.7 Å². The molecule has 0 aliphatic heterocycles. The third-order valence-electron chi connectivity index (χ3n) is 3.60. The van der Waals surface area contributed by atoms with Crippen molar-refractivity contribution in [3.63, 3.8) is 0 Å². The summed E-state index contributed by atoms with van der Waals surface area (Å²) in [5, 5.41) is 19.2. The third kappa shape index (κ3) is 4.22. The Balaban J connectivity index is 2.10. The van der Waals surface area contributed by atoms with Crippen molar-refractivity contribution < 1.29 is 4.79 Å². The molecule has 8 heteroatoms. The first-order valence-electron chi connectivity index (χ1n) is 7.43. The van der Waals surface area contributed by atoms with Crippen LogP contribution in [-0.4, -0.2) is 39.6 Å². The molecule has 6 nitrogen and oxygen atoms in total. The van der Waals surface area contributed by atoms with E-state index in [1.807, 2.05) is 26.0 Å². The van der Waals surface area contributed by atoms with Crippen LogP contribution in [0.3, 0.4) is 0 Å². The van der Waals surface area contributed by atoms with Gasteiger partial charge >= 0.3 is 0 Å². The predicted molar refractivity (Wildman–Crippen MR) is 94.7 cm³/mol. The van der Waals surface area contributed by atoms with Gasteiger partial charge in [0.05, 0.1) is 30.7 Å². The highest BCUT2D eigenvalue weighted by molar-refractivity contribution is 8.00. The number of hydrogen-bond acceptors (Lipinski definition) is 7. The lowest BCUT2D eigenvalue weighted by atomic mass is 10.2. The van der Waals surface area contributed by atoms with E-state index in [-0.39, 0.29) is 24.5 Å². The van der Waals surface area contributed by atoms with Crippen LogP contribution in [0.1, 0.15) is 23.3 Å². The molecule has 0 saturated carbocycles. The maximum atomic E-state index is 12.4. The third-order valence-corrected chi connectivity index (χ3v) is 5.69. The molecule has 0 bridgehead atoms. The number of amides is 1. The molecule has 2 aromatic heterocycles. The van der Waals surface area contributed by atoms with Crippen LogP contribution in [0, 0.1) is 36.5 Å². The fourth-order valence-corrected chi connectivity index (χ4v) is 4.23. The van der Waals surface area contributed by atoms with Gasteiger partial charge in [0, 0.05) is 23.4 Å². The fraction of sp³-hybridized carbons (Fsp3) is 0.438. The van der Waals surface area contributed by atoms with Crippen LogP contribution >= 0.6 is 23.1 Å². The van der Waals surface area contributed by atoms with E-state index in [0.717, 1.165) is 20.8 Å². The molecular formula is C16H17N5OS2. The monoisotopic (exact) mass is 359 g/mol. The van der Waals surface area contributed by atoms with Crippen molar-refractivity contribution in [2.75, 3.05) is 18.8 Å². The van der Waals surface area contributed by atoms with E-state index < -0.39 is 0 Å². The van der Waals surface area contributed by atoms with Crippen molar-refractivity contribution in [1.82, 2.24) is 14.9 Å². The van der Waals surface area contributed by atoms with Gasteiger partial charge in [-0.3, -0.25) is 4.79 Å². The molecule has 0 saturated heterocycles. The highest BCUT2D eigenvalue weighted by Crippen LogP contribution is 2.34. The molecule has 124 valence electrons. The van der Waals surface area contributed by atoms with E-state index in [4.69, 9.17) is 10.5 Å². The van der Waals surface area contributed by atoms with E-state index in [1.165, 1.54) is 23.0 Å². The van der Waals surface area contributed by atoms with Crippen molar-refractivity contribution in [1.29, 1.82) is 10.5 Å². The summed E-state index contributed by atoms with van der Waals surface area (Å²) >= 11 is 3.00. The van der Waals surface area contributed by atoms with Crippen LogP contribution in [-0.2, 0) is 4.79 Å². The van der Waals surface area contributed by atoms with Crippen molar-refractivity contribution in [2.24, 2.45) is 0 Å². The van der Waals surface area contributed by atoms with Crippen molar-refractivity contribution in [3.05, 3.63) is 16.8 Å². The van der Waals surface area contributed by atoms with Gasteiger partial charge in [-0.05, 0) is 19.4 Å². The first kappa shape index (κ1) is 18.2. The molecule has 0 aliphatic carbocycles. The Morgan fingerprint density at radius 2 is 1.92 bits per heavy atom. The van der Waals surface area contributed by atoms with E-state index in [1.54, 1.807) is 16.2 Å². The molecular weight excluding hydrogens is 342 g/mol. The largest absolute Gasteiger partial charge is 0.340 e. The number of aromatic nitrogens is 2. The second-order valence-corrected chi connectivity index (χ2v) is 7.30. The summed E-state index contributed by atoms with van der Waals surface area (Å²) < 4.78 is 0. The molecule has 1 amide bonds. The molecule has 24 heavy (non-hydrogen) atoms. The van der Waals surface area contributed by atoms with Crippen LogP contribution < -0.4 is 0 Å². The minimum atomic E-state index is -0.0816. The first-order chi connectivity index (χ1) is 11.6. The van der Waals surface area contributed by atoms with Crippen molar-refractivity contribution >= 4 is 39.2 Å². The van der Waals surface area contributed by atoms with E-state index in [2.05, 4.69) is 9.97 Å². The second kappa shape index (κ2) is 8.62. The van der Waals surface area contributed by atoms with Gasteiger partial charge in [0.25, 0.3) is 0 Å². The summed E-state index contributed by atoms with van der Waals surface area (Å²) in [4.78, 5) is 24.7. The maximum absolute atomic E-state index is 12.4. The van der Waals surface area contributed by atoms with Gasteiger partial charge in [0.1, 0.15) is 16.2 Å². The maximum Gasteiger partial charge on any atom is 0.233 e. The van der Waals surface area contributed by atoms with E-state index in [0.29, 0.717) is 13.1 Å². The Morgan fingerprint density at radius 3 is 2.54 bits per heavy atom. The predicted octanol–water partition coefficient (Wildman–Crippen LogP) is 3.06. The first-order valence-corrected chi connectivity index (χ1v) is 9.23. The number of nitrogens with zero attached hydrogens (tertiary/aromatic N) is 5. The summed E-state index contributed by atoms with van der Waals surface area (Å²) in [6.45, 7) is 4.79. The molecule has 0 fully saturated rings. The van der Waals surface area contributed by atoms with Gasteiger partial charge in [0.2, 0.25) is 5.91 Å². The highest BCUT2D eigenvalue weighted by Gasteiger charge is 2.17. The quantitative estimate of drug-likeness (QED) is 0.557. The lowest BCUT2D eigenvalue weighted by molar-refractivity contribution is -0.128. The molecule has 2 rings (SSSR count). The molecule has 0 N–H and O–H groups in total. The Labute approximate surface area is 149 Å². The number of thiophene rings is 1. The number of hydrogen-bond donors (Lipinski definition) is 0. The van der Waals surface area contributed by atoms with Crippen LogP contribution in [0.4, 0.5) is 0 Å². The van der Waals surface area contributed by atoms with Crippen LogP contribution in [0.15, 0.2) is 11.4 Å². The second-order valence-electron chi connectivity index (χ2n) is 5.13. The minimum absolute atomic E-state index is 0.0816. The Kier molecular flexibility index (Phi) is 6.53. The Morgan fingerprint density at radius 1 is 1.25 bits per heavy atom. The lowest BCUT2D eigenvalue weighted by Crippen LogP contribution is -2.34. The number of fused-ring (bicyclic) bond motifs is 1. The molecule has 0 atom stereocenters. The normalized spacial score (nSPS) is 10.3. The molecule has 0 radical (unpaired) electrons. The highest BCUT2D eigenvalue weighted by atomic mass is 32.2. The summed E-state index contributed by atoms with van der Waals surface area (Å²) in [5.74, 6) is 0.152. The van der Waals surface area contributed by atoms with Gasteiger partial charge in [0.15, 0.2) is 0 Å². The number of nitriles is 2. The molecule has 0 aromatic carbocycles. The van der Waals surface area contributed by atoms with Gasteiger partial charge in [-0.25, -0.2) is 9.97 Å². The zero-order valence-electron chi connectivity index (χ0n) is 13.6. The summed E-state index contributed by atoms with van der Waals surface area (Å²) in [5.41, 5.74) is 1.15. The minimum Gasteiger partial charge on any atom is -0.340 e. The van der Waals surface area contributed by atoms with Crippen LogP contribution in [0.5, 0.6) is 0 Å². The van der Waals surface area contributed by atoms with E-state index >= 15 is 0 Å². The Hall–Kier alpha value is -2.16. The number of carbonyl (C=O) groups is 1. The average molecular weight is 359 g/mol. The molecule has 0 unspecified atom stereocenters. The van der Waals surface area contributed by atoms with Gasteiger partial charge < -0.3 is 4.90 Å². The molecule has 0 spiro atoms. The van der Waals surface area contributed by atoms with Gasteiger partial charge in [-0.15, -0.1) is 11.3 Å². The zero-order valence-corrected chi connectivity index (χ0v) is 15.2. The average Bonchev–Trinajstić information content (AvgIpc) is 2.88. The zero-order chi connectivity index (χ0) is 17.5. The van der Waals surface area contributed by atoms with Gasteiger partial charge in [-0.2, -0.15) is 10.5 Å². The fourth-order valence-electron chi connectivity index (χ4n) is 2.21. The SMILES string of the molecule is Cc1sc2ncnc(SCC(=O)N(CCC#N)CCC#N)c2c1C. The summed E-state index contributed by atoms with van der Waals surface area (Å²) in [6.07, 6.45) is 2.05. The topological polar surface area (TPSA) is 93.7 Å². The van der Waals surface area contributed by atoms with Crippen molar-refractivity contribution in [3.8, 4) is 12.1 Å². The lowest BCUT2D eigenvalue weighted by Gasteiger charge is -2.20. The number of rotatable bonds is 7. The molecule has 2 aromatic rings. The van der Waals surface area contributed by atoms with Crippen LogP contribution in [0.25, 0.3) is 10.2 Å². The summed E-state index contributed by atoms with van der Waals surface area (Å²) in [7, 11) is 0.